The second-order valence-corrected chi connectivity index (χ2v) is 12.6. The Morgan fingerprint density at radius 1 is 1.08 bits per heavy atom. The lowest BCUT2D eigenvalue weighted by Crippen LogP contribution is -2.32. The summed E-state index contributed by atoms with van der Waals surface area (Å²) in [5.74, 6) is 1.17. The summed E-state index contributed by atoms with van der Waals surface area (Å²) in [5, 5.41) is 3.82. The fourth-order valence-corrected chi connectivity index (χ4v) is 6.61. The van der Waals surface area contributed by atoms with Crippen molar-refractivity contribution in [2.75, 3.05) is 25.0 Å². The number of fused-ring (bicyclic) bond motifs is 1. The van der Waals surface area contributed by atoms with Gasteiger partial charge in [-0.25, -0.2) is 4.99 Å². The molecule has 1 fully saturated rings. The molecule has 1 aliphatic heterocycles. The third-order valence-electron chi connectivity index (χ3n) is 7.76. The number of carbonyl (C=O) groups is 2. The van der Waals surface area contributed by atoms with E-state index < -0.39 is 0 Å². The van der Waals surface area contributed by atoms with Gasteiger partial charge in [-0.1, -0.05) is 39.0 Å². The van der Waals surface area contributed by atoms with Gasteiger partial charge in [0.1, 0.15) is 10.8 Å². The lowest BCUT2D eigenvalue weighted by Gasteiger charge is -2.33. The van der Waals surface area contributed by atoms with E-state index in [0.29, 0.717) is 17.2 Å². The Balaban J connectivity index is 1.33. The van der Waals surface area contributed by atoms with Crippen LogP contribution in [0.2, 0.25) is 0 Å². The van der Waals surface area contributed by atoms with Gasteiger partial charge in [0.05, 0.1) is 5.56 Å². The van der Waals surface area contributed by atoms with Crippen LogP contribution in [0, 0.1) is 11.3 Å². The molecule has 1 aromatic heterocycles. The van der Waals surface area contributed by atoms with E-state index in [0.717, 1.165) is 67.0 Å². The number of amides is 2. The Kier molecular flexibility index (Phi) is 8.17. The topological polar surface area (TPSA) is 71.0 Å². The molecular formula is C32H37N3O3S. The fourth-order valence-electron chi connectivity index (χ4n) is 5.34. The molecule has 6 nitrogen and oxygen atoms in total. The van der Waals surface area contributed by atoms with Crippen LogP contribution in [-0.2, 0) is 17.6 Å². The molecule has 2 aliphatic rings. The Bertz CT molecular complexity index is 1330. The maximum Gasteiger partial charge on any atom is 0.260 e. The third-order valence-corrected chi connectivity index (χ3v) is 8.92. The maximum absolute atomic E-state index is 13.5. The van der Waals surface area contributed by atoms with Crippen LogP contribution in [0.4, 0.5) is 10.7 Å². The molecule has 3 aromatic rings. The molecular weight excluding hydrogens is 506 g/mol. The largest absolute Gasteiger partial charge is 0.484 e. The van der Waals surface area contributed by atoms with E-state index in [9.17, 15) is 9.59 Å². The van der Waals surface area contributed by atoms with E-state index in [2.05, 4.69) is 26.1 Å². The molecule has 5 rings (SSSR count). The van der Waals surface area contributed by atoms with Crippen molar-refractivity contribution in [2.24, 2.45) is 16.3 Å². The number of ether oxygens (including phenoxy) is 1. The average Bonchev–Trinajstić information content (AvgIpc) is 3.59. The predicted octanol–water partition coefficient (Wildman–Crippen LogP) is 6.90. The fraction of sp³-hybridized carbons (Fsp3) is 0.406. The summed E-state index contributed by atoms with van der Waals surface area (Å²) in [5.41, 5.74) is 3.75. The minimum Gasteiger partial charge on any atom is -0.484 e. The standard InChI is InChI=1S/C32H37N3O3S/c1-32(2,3)23-13-16-26-27(19-23)39-31(29(26)30(37)34-24-9-5-4-6-10-24)33-20-22-11-14-25(15-12-22)38-21-28(36)35-17-7-8-18-35/h4-6,9-12,14-15,20,23H,7-8,13,16-19,21H2,1-3H3,(H,34,37)/t23-/m0/s1. The van der Waals surface area contributed by atoms with Crippen LogP contribution in [0.25, 0.3) is 0 Å². The van der Waals surface area contributed by atoms with Crippen LogP contribution in [0.1, 0.15) is 66.4 Å². The van der Waals surface area contributed by atoms with Crippen LogP contribution in [-0.4, -0.2) is 42.6 Å². The SMILES string of the molecule is CC(C)(C)[C@H]1CCc2c(sc(N=Cc3ccc(OCC(=O)N4CCCC4)cc3)c2C(=O)Nc2ccccc2)C1. The molecule has 1 aliphatic carbocycles. The minimum absolute atomic E-state index is 0.0369. The molecule has 0 unspecified atom stereocenters. The molecule has 0 radical (unpaired) electrons. The predicted molar refractivity (Wildman–Crippen MR) is 159 cm³/mol. The van der Waals surface area contributed by atoms with Gasteiger partial charge in [-0.05, 0) is 91.0 Å². The molecule has 2 aromatic carbocycles. The van der Waals surface area contributed by atoms with Crippen molar-refractivity contribution in [3.63, 3.8) is 0 Å². The van der Waals surface area contributed by atoms with Crippen LogP contribution in [0.3, 0.4) is 0 Å². The molecule has 7 heteroatoms. The molecule has 1 atom stereocenters. The molecule has 2 heterocycles. The number of likely N-dealkylation sites (tertiary alicyclic amines) is 1. The second-order valence-electron chi connectivity index (χ2n) is 11.5. The van der Waals surface area contributed by atoms with Gasteiger partial charge in [-0.15, -0.1) is 11.3 Å². The quantitative estimate of drug-likeness (QED) is 0.330. The van der Waals surface area contributed by atoms with E-state index >= 15 is 0 Å². The van der Waals surface area contributed by atoms with E-state index in [1.54, 1.807) is 17.6 Å². The summed E-state index contributed by atoms with van der Waals surface area (Å²) < 4.78 is 5.71. The van der Waals surface area contributed by atoms with E-state index in [-0.39, 0.29) is 23.8 Å². The van der Waals surface area contributed by atoms with Gasteiger partial charge in [-0.2, -0.15) is 0 Å². The smallest absolute Gasteiger partial charge is 0.260 e. The van der Waals surface area contributed by atoms with Gasteiger partial charge in [0.25, 0.3) is 11.8 Å². The number of hydrogen-bond acceptors (Lipinski definition) is 5. The Hall–Kier alpha value is -3.45. The first-order valence-corrected chi connectivity index (χ1v) is 14.7. The van der Waals surface area contributed by atoms with Crippen molar-refractivity contribution in [3.05, 3.63) is 76.2 Å². The lowest BCUT2D eigenvalue weighted by atomic mass is 9.72. The summed E-state index contributed by atoms with van der Waals surface area (Å²) in [6.45, 7) is 8.61. The van der Waals surface area contributed by atoms with Gasteiger partial charge in [0.15, 0.2) is 6.61 Å². The van der Waals surface area contributed by atoms with E-state index in [1.165, 1.54) is 4.88 Å². The Labute approximate surface area is 235 Å². The highest BCUT2D eigenvalue weighted by molar-refractivity contribution is 7.16. The molecule has 0 bridgehead atoms. The summed E-state index contributed by atoms with van der Waals surface area (Å²) in [4.78, 5) is 33.7. The summed E-state index contributed by atoms with van der Waals surface area (Å²) in [7, 11) is 0. The van der Waals surface area contributed by atoms with E-state index in [4.69, 9.17) is 9.73 Å². The number of nitrogens with zero attached hydrogens (tertiary/aromatic N) is 2. The molecule has 2 amide bonds. The van der Waals surface area contributed by atoms with E-state index in [1.807, 2.05) is 59.5 Å². The molecule has 0 spiro atoms. The lowest BCUT2D eigenvalue weighted by molar-refractivity contribution is -0.132. The molecule has 0 saturated carbocycles. The number of para-hydroxylation sites is 1. The van der Waals surface area contributed by atoms with Gasteiger partial charge in [0, 0.05) is 29.9 Å². The number of anilines is 1. The third kappa shape index (κ3) is 6.59. The van der Waals surface area contributed by atoms with Crippen LogP contribution < -0.4 is 10.1 Å². The number of benzene rings is 2. The summed E-state index contributed by atoms with van der Waals surface area (Å²) >= 11 is 1.64. The van der Waals surface area contributed by atoms with Crippen molar-refractivity contribution in [1.82, 2.24) is 4.90 Å². The molecule has 39 heavy (non-hydrogen) atoms. The number of aliphatic imine (C=N–C) groups is 1. The Morgan fingerprint density at radius 2 is 1.79 bits per heavy atom. The van der Waals surface area contributed by atoms with Crippen molar-refractivity contribution in [2.45, 2.75) is 52.9 Å². The zero-order chi connectivity index (χ0) is 27.4. The summed E-state index contributed by atoms with van der Waals surface area (Å²) in [6, 6.07) is 17.1. The second kappa shape index (κ2) is 11.7. The van der Waals surface area contributed by atoms with Gasteiger partial charge in [-0.3, -0.25) is 9.59 Å². The first kappa shape index (κ1) is 27.1. The first-order valence-electron chi connectivity index (χ1n) is 13.8. The van der Waals surface area contributed by atoms with Crippen molar-refractivity contribution in [1.29, 1.82) is 0 Å². The van der Waals surface area contributed by atoms with Crippen LogP contribution in [0.5, 0.6) is 5.75 Å². The number of nitrogens with one attached hydrogen (secondary N) is 1. The number of hydrogen-bond donors (Lipinski definition) is 1. The highest BCUT2D eigenvalue weighted by Crippen LogP contribution is 2.45. The first-order chi connectivity index (χ1) is 18.8. The zero-order valence-corrected chi connectivity index (χ0v) is 23.9. The maximum atomic E-state index is 13.5. The van der Waals surface area contributed by atoms with Crippen molar-refractivity contribution < 1.29 is 14.3 Å². The van der Waals surface area contributed by atoms with Gasteiger partial charge in [0.2, 0.25) is 0 Å². The number of carbonyl (C=O) groups excluding carboxylic acids is 2. The molecule has 1 N–H and O–H groups in total. The Morgan fingerprint density at radius 3 is 2.49 bits per heavy atom. The number of thiophene rings is 1. The molecule has 204 valence electrons. The average molecular weight is 544 g/mol. The highest BCUT2D eigenvalue weighted by atomic mass is 32.1. The molecule has 1 saturated heterocycles. The normalized spacial score (nSPS) is 17.3. The van der Waals surface area contributed by atoms with Gasteiger partial charge < -0.3 is 15.0 Å². The monoisotopic (exact) mass is 543 g/mol. The van der Waals surface area contributed by atoms with Gasteiger partial charge >= 0.3 is 0 Å². The van der Waals surface area contributed by atoms with Crippen molar-refractivity contribution >= 4 is 40.1 Å². The zero-order valence-electron chi connectivity index (χ0n) is 23.0. The number of rotatable bonds is 7. The summed E-state index contributed by atoms with van der Waals surface area (Å²) in [6.07, 6.45) is 6.89. The van der Waals surface area contributed by atoms with Crippen LogP contribution in [0.15, 0.2) is 59.6 Å². The minimum atomic E-state index is -0.105. The van der Waals surface area contributed by atoms with Crippen LogP contribution >= 0.6 is 11.3 Å². The van der Waals surface area contributed by atoms with Crippen molar-refractivity contribution in [3.8, 4) is 5.75 Å². The highest BCUT2D eigenvalue weighted by Gasteiger charge is 2.33.